The van der Waals surface area contributed by atoms with E-state index in [0.29, 0.717) is 12.4 Å². The third-order valence-corrected chi connectivity index (χ3v) is 2.46. The second-order valence-electron chi connectivity index (χ2n) is 3.28. The van der Waals surface area contributed by atoms with Crippen molar-refractivity contribution < 1.29 is 15.7 Å². The van der Waals surface area contributed by atoms with E-state index in [1.165, 1.54) is 0 Å². The van der Waals surface area contributed by atoms with Gasteiger partial charge in [0.1, 0.15) is 0 Å². The minimum Gasteiger partial charge on any atom is -0.412 e. The Kier molecular flexibility index (Phi) is 10.4. The van der Waals surface area contributed by atoms with Crippen LogP contribution in [-0.4, -0.2) is 32.8 Å². The van der Waals surface area contributed by atoms with E-state index < -0.39 is 0 Å². The van der Waals surface area contributed by atoms with Gasteiger partial charge in [0.15, 0.2) is 0 Å². The number of para-hydroxylation sites is 2. The van der Waals surface area contributed by atoms with Gasteiger partial charge < -0.3 is 21.7 Å². The fraction of sp³-hybridized carbons (Fsp3) is 0.273. The molecule has 0 unspecified atom stereocenters. The van der Waals surface area contributed by atoms with Crippen LogP contribution in [0, 0.1) is 0 Å². The van der Waals surface area contributed by atoms with E-state index >= 15 is 0 Å². The van der Waals surface area contributed by atoms with Gasteiger partial charge in [0.25, 0.3) is 0 Å². The van der Waals surface area contributed by atoms with Crippen molar-refractivity contribution in [2.24, 2.45) is 5.73 Å². The molecule has 0 aliphatic heterocycles. The second kappa shape index (κ2) is 10.1. The van der Waals surface area contributed by atoms with Crippen LogP contribution >= 0.6 is 11.6 Å². The summed E-state index contributed by atoms with van der Waals surface area (Å²) in [4.78, 5) is 22.9. The van der Waals surface area contributed by atoms with Gasteiger partial charge in [-0.3, -0.25) is 9.36 Å². The lowest BCUT2D eigenvalue weighted by Gasteiger charge is -1.99. The minimum absolute atomic E-state index is 0. The standard InChI is InChI=1S/C10H11ClN2O.CH3NO.2H2O/c11-6-3-7-13-9-5-2-1-4-8(9)12-10(13)14;2-1-3;;/h1-2,4-5H,3,6-7H2,(H,12,14);1H,(H2,2,3);2*1H2. The van der Waals surface area contributed by atoms with Gasteiger partial charge in [-0.25, -0.2) is 4.79 Å². The van der Waals surface area contributed by atoms with Gasteiger partial charge in [0.2, 0.25) is 6.41 Å². The number of aromatic amines is 1. The Hall–Kier alpha value is -1.83. The number of primary amides is 1. The van der Waals surface area contributed by atoms with E-state index in [4.69, 9.17) is 16.4 Å². The molecule has 8 heteroatoms. The maximum absolute atomic E-state index is 11.5. The number of carbonyl (C=O) groups excluding carboxylic acids is 1. The topological polar surface area (TPSA) is 144 Å². The van der Waals surface area contributed by atoms with Crippen LogP contribution in [0.25, 0.3) is 11.0 Å². The summed E-state index contributed by atoms with van der Waals surface area (Å²) in [6.07, 6.45) is 1.06. The number of aryl methyl sites for hydroxylation is 1. The maximum atomic E-state index is 11.5. The molecule has 108 valence electrons. The van der Waals surface area contributed by atoms with Gasteiger partial charge >= 0.3 is 5.69 Å². The molecule has 0 fully saturated rings. The van der Waals surface area contributed by atoms with Gasteiger partial charge in [-0.15, -0.1) is 11.6 Å². The van der Waals surface area contributed by atoms with Gasteiger partial charge in [-0.2, -0.15) is 0 Å². The third kappa shape index (κ3) is 5.12. The number of hydrogen-bond acceptors (Lipinski definition) is 2. The van der Waals surface area contributed by atoms with Gasteiger partial charge in [0.05, 0.1) is 11.0 Å². The average Bonchev–Trinajstić information content (AvgIpc) is 2.63. The van der Waals surface area contributed by atoms with Crippen LogP contribution in [0.5, 0.6) is 0 Å². The Morgan fingerprint density at radius 3 is 2.47 bits per heavy atom. The zero-order chi connectivity index (χ0) is 12.7. The largest absolute Gasteiger partial charge is 0.412 e. The zero-order valence-corrected chi connectivity index (χ0v) is 11.0. The maximum Gasteiger partial charge on any atom is 0.326 e. The molecule has 7 N–H and O–H groups in total. The van der Waals surface area contributed by atoms with E-state index in [-0.39, 0.29) is 23.1 Å². The highest BCUT2D eigenvalue weighted by molar-refractivity contribution is 6.17. The summed E-state index contributed by atoms with van der Waals surface area (Å²) in [5.74, 6) is 0.575. The van der Waals surface area contributed by atoms with E-state index in [9.17, 15) is 4.79 Å². The van der Waals surface area contributed by atoms with Crippen LogP contribution < -0.4 is 11.4 Å². The predicted molar refractivity (Wildman–Crippen MR) is 75.4 cm³/mol. The molecule has 1 aromatic heterocycles. The number of hydrogen-bond donors (Lipinski definition) is 2. The monoisotopic (exact) mass is 291 g/mol. The highest BCUT2D eigenvalue weighted by Crippen LogP contribution is 2.09. The summed E-state index contributed by atoms with van der Waals surface area (Å²) in [6, 6.07) is 7.66. The lowest BCUT2D eigenvalue weighted by Crippen LogP contribution is -2.16. The number of nitrogens with zero attached hydrogens (tertiary/aromatic N) is 1. The molecule has 0 radical (unpaired) electrons. The number of carbonyl (C=O) groups is 1. The molecule has 0 saturated carbocycles. The number of alkyl halides is 1. The van der Waals surface area contributed by atoms with Crippen LogP contribution in [0.2, 0.25) is 0 Å². The van der Waals surface area contributed by atoms with Crippen molar-refractivity contribution in [1.82, 2.24) is 9.55 Å². The van der Waals surface area contributed by atoms with Crippen LogP contribution in [0.3, 0.4) is 0 Å². The van der Waals surface area contributed by atoms with Crippen molar-refractivity contribution in [1.29, 1.82) is 0 Å². The van der Waals surface area contributed by atoms with Gasteiger partial charge in [-0.05, 0) is 18.6 Å². The summed E-state index contributed by atoms with van der Waals surface area (Å²) in [6.45, 7) is 0.673. The van der Waals surface area contributed by atoms with Crippen LogP contribution in [0.15, 0.2) is 29.1 Å². The first kappa shape index (κ1) is 19.5. The smallest absolute Gasteiger partial charge is 0.326 e. The van der Waals surface area contributed by atoms with Crippen molar-refractivity contribution in [3.8, 4) is 0 Å². The number of halogens is 1. The minimum atomic E-state index is -0.0590. The highest BCUT2D eigenvalue weighted by atomic mass is 35.5. The van der Waals surface area contributed by atoms with Crippen LogP contribution in [0.1, 0.15) is 6.42 Å². The van der Waals surface area contributed by atoms with E-state index in [1.54, 1.807) is 4.57 Å². The molecular formula is C11H18ClN3O4. The van der Waals surface area contributed by atoms with Crippen molar-refractivity contribution >= 4 is 29.0 Å². The molecule has 0 spiro atoms. The lowest BCUT2D eigenvalue weighted by atomic mass is 10.3. The number of amides is 1. The molecule has 1 heterocycles. The van der Waals surface area contributed by atoms with E-state index in [1.807, 2.05) is 24.3 Å². The molecule has 0 aliphatic rings. The molecule has 0 atom stereocenters. The summed E-state index contributed by atoms with van der Waals surface area (Å²) in [5, 5.41) is 0. The van der Waals surface area contributed by atoms with E-state index in [0.717, 1.165) is 17.5 Å². The lowest BCUT2D eigenvalue weighted by molar-refractivity contribution is -0.106. The fourth-order valence-corrected chi connectivity index (χ4v) is 1.67. The molecule has 19 heavy (non-hydrogen) atoms. The number of rotatable bonds is 3. The van der Waals surface area contributed by atoms with Crippen LogP contribution in [0.4, 0.5) is 0 Å². The Morgan fingerprint density at radius 2 is 1.89 bits per heavy atom. The Labute approximate surface area is 114 Å². The number of H-pyrrole nitrogens is 1. The molecule has 0 saturated heterocycles. The third-order valence-electron chi connectivity index (χ3n) is 2.20. The SMILES string of the molecule is NC=O.O.O.O=c1[nH]c2ccccc2n1CCCCl. The summed E-state index contributed by atoms with van der Waals surface area (Å²) >= 11 is 5.60. The quantitative estimate of drug-likeness (QED) is 0.575. The number of imidazole rings is 1. The van der Waals surface area contributed by atoms with Crippen molar-refractivity contribution in [3.63, 3.8) is 0 Å². The molecule has 7 nitrogen and oxygen atoms in total. The summed E-state index contributed by atoms with van der Waals surface area (Å²) in [7, 11) is 0. The second-order valence-corrected chi connectivity index (χ2v) is 3.66. The fourth-order valence-electron chi connectivity index (χ4n) is 1.55. The van der Waals surface area contributed by atoms with Crippen molar-refractivity contribution in [3.05, 3.63) is 34.7 Å². The molecule has 0 aliphatic carbocycles. The van der Waals surface area contributed by atoms with Gasteiger partial charge in [-0.1, -0.05) is 12.1 Å². The normalized spacial score (nSPS) is 8.68. The number of nitrogens with two attached hydrogens (primary N) is 1. The number of benzene rings is 1. The zero-order valence-electron chi connectivity index (χ0n) is 10.2. The number of nitrogens with one attached hydrogen (secondary N) is 1. The number of fused-ring (bicyclic) bond motifs is 1. The molecule has 1 amide bonds. The first-order valence-corrected chi connectivity index (χ1v) is 5.67. The summed E-state index contributed by atoms with van der Waals surface area (Å²) < 4.78 is 1.72. The average molecular weight is 292 g/mol. The molecular weight excluding hydrogens is 274 g/mol. The number of aromatic nitrogens is 2. The van der Waals surface area contributed by atoms with Gasteiger partial charge in [0, 0.05) is 12.4 Å². The Bertz CT molecular complexity index is 538. The van der Waals surface area contributed by atoms with Crippen molar-refractivity contribution in [2.75, 3.05) is 5.88 Å². The van der Waals surface area contributed by atoms with Crippen molar-refractivity contribution in [2.45, 2.75) is 13.0 Å². The molecule has 0 bridgehead atoms. The molecule has 2 rings (SSSR count). The Morgan fingerprint density at radius 1 is 1.32 bits per heavy atom. The first-order valence-electron chi connectivity index (χ1n) is 5.13. The summed E-state index contributed by atoms with van der Waals surface area (Å²) in [5.41, 5.74) is 5.94. The van der Waals surface area contributed by atoms with Crippen LogP contribution in [-0.2, 0) is 11.3 Å². The van der Waals surface area contributed by atoms with E-state index in [2.05, 4.69) is 10.7 Å². The highest BCUT2D eigenvalue weighted by Gasteiger charge is 2.03. The molecule has 2 aromatic rings. The predicted octanol–water partition coefficient (Wildman–Crippen LogP) is -0.589. The first-order chi connectivity index (χ1) is 8.24. The molecule has 1 aromatic carbocycles. The Balaban J connectivity index is 0.